The van der Waals surface area contributed by atoms with Gasteiger partial charge in [-0.1, -0.05) is 30.3 Å². The lowest BCUT2D eigenvalue weighted by Gasteiger charge is -2.46. The summed E-state index contributed by atoms with van der Waals surface area (Å²) in [6, 6.07) is 9.76. The Morgan fingerprint density at radius 3 is 2.68 bits per heavy atom. The van der Waals surface area contributed by atoms with Crippen molar-refractivity contribution in [3.63, 3.8) is 0 Å². The van der Waals surface area contributed by atoms with Crippen molar-refractivity contribution in [2.45, 2.75) is 51.5 Å². The van der Waals surface area contributed by atoms with E-state index in [4.69, 9.17) is 9.47 Å². The number of rotatable bonds is 2. The van der Waals surface area contributed by atoms with Crippen LogP contribution in [0.25, 0.3) is 0 Å². The highest BCUT2D eigenvalue weighted by Crippen LogP contribution is 2.26. The van der Waals surface area contributed by atoms with Crippen molar-refractivity contribution < 1.29 is 19.1 Å². The lowest BCUT2D eigenvalue weighted by molar-refractivity contribution is -0.164. The third-order valence-electron chi connectivity index (χ3n) is 4.51. The molecule has 6 heteroatoms. The van der Waals surface area contributed by atoms with Crippen molar-refractivity contribution in [1.82, 2.24) is 9.80 Å². The summed E-state index contributed by atoms with van der Waals surface area (Å²) in [5, 5.41) is 0. The quantitative estimate of drug-likeness (QED) is 0.825. The van der Waals surface area contributed by atoms with Crippen LogP contribution in [0.1, 0.15) is 32.8 Å². The first-order valence-corrected chi connectivity index (χ1v) is 8.76. The summed E-state index contributed by atoms with van der Waals surface area (Å²) in [7, 11) is 0. The van der Waals surface area contributed by atoms with Gasteiger partial charge in [-0.15, -0.1) is 0 Å². The van der Waals surface area contributed by atoms with E-state index in [0.29, 0.717) is 26.1 Å². The van der Waals surface area contributed by atoms with Gasteiger partial charge in [-0.25, -0.2) is 4.79 Å². The number of amides is 2. The van der Waals surface area contributed by atoms with E-state index in [1.807, 2.05) is 56.0 Å². The third kappa shape index (κ3) is 4.31. The smallest absolute Gasteiger partial charge is 0.410 e. The Morgan fingerprint density at radius 2 is 2.00 bits per heavy atom. The Morgan fingerprint density at radius 1 is 1.28 bits per heavy atom. The van der Waals surface area contributed by atoms with Gasteiger partial charge in [0.05, 0.1) is 12.1 Å². The van der Waals surface area contributed by atoms with Crippen molar-refractivity contribution in [3.05, 3.63) is 35.9 Å². The Kier molecular flexibility index (Phi) is 4.99. The highest BCUT2D eigenvalue weighted by Gasteiger charge is 2.42. The van der Waals surface area contributed by atoms with Crippen LogP contribution in [0.5, 0.6) is 0 Å². The topological polar surface area (TPSA) is 59.1 Å². The maximum atomic E-state index is 12.4. The molecule has 3 rings (SSSR count). The van der Waals surface area contributed by atoms with Gasteiger partial charge in [0.15, 0.2) is 0 Å². The fourth-order valence-corrected chi connectivity index (χ4v) is 3.33. The number of piperidine rings is 1. The standard InChI is InChI=1S/C19H26N2O4/c1-19(2,3)25-18(23)20-10-9-16-15(12-20)21(17(22)13-24-16)11-14-7-5-4-6-8-14/h4-8,15-16H,9-13H2,1-3H3/t15-,16+/m0/s1. The predicted octanol–water partition coefficient (Wildman–Crippen LogP) is 2.42. The minimum Gasteiger partial charge on any atom is -0.444 e. The molecule has 0 N–H and O–H groups in total. The van der Waals surface area contributed by atoms with E-state index in [0.717, 1.165) is 5.56 Å². The molecule has 2 aliphatic heterocycles. The Balaban J connectivity index is 1.73. The van der Waals surface area contributed by atoms with Crippen molar-refractivity contribution in [2.75, 3.05) is 19.7 Å². The largest absolute Gasteiger partial charge is 0.444 e. The predicted molar refractivity (Wildman–Crippen MR) is 92.9 cm³/mol. The van der Waals surface area contributed by atoms with Gasteiger partial charge >= 0.3 is 6.09 Å². The summed E-state index contributed by atoms with van der Waals surface area (Å²) in [6.45, 7) is 7.24. The van der Waals surface area contributed by atoms with Gasteiger partial charge < -0.3 is 19.3 Å². The second-order valence-electron chi connectivity index (χ2n) is 7.64. The van der Waals surface area contributed by atoms with Gasteiger partial charge in [-0.2, -0.15) is 0 Å². The number of nitrogens with zero attached hydrogens (tertiary/aromatic N) is 2. The molecule has 0 saturated carbocycles. The van der Waals surface area contributed by atoms with Crippen LogP contribution in [-0.2, 0) is 20.8 Å². The second-order valence-corrected chi connectivity index (χ2v) is 7.64. The molecule has 2 heterocycles. The fourth-order valence-electron chi connectivity index (χ4n) is 3.33. The van der Waals surface area contributed by atoms with Gasteiger partial charge in [0.2, 0.25) is 5.91 Å². The number of benzene rings is 1. The van der Waals surface area contributed by atoms with E-state index in [9.17, 15) is 9.59 Å². The average Bonchev–Trinajstić information content (AvgIpc) is 2.56. The Labute approximate surface area is 148 Å². The number of morpholine rings is 1. The van der Waals surface area contributed by atoms with Gasteiger partial charge in [0.1, 0.15) is 12.2 Å². The van der Waals surface area contributed by atoms with Gasteiger partial charge in [-0.3, -0.25) is 4.79 Å². The molecule has 136 valence electrons. The molecule has 25 heavy (non-hydrogen) atoms. The maximum Gasteiger partial charge on any atom is 0.410 e. The number of hydrogen-bond donors (Lipinski definition) is 0. The van der Waals surface area contributed by atoms with E-state index >= 15 is 0 Å². The molecular weight excluding hydrogens is 320 g/mol. The second kappa shape index (κ2) is 7.04. The van der Waals surface area contributed by atoms with Crippen LogP contribution < -0.4 is 0 Å². The molecule has 0 aliphatic carbocycles. The van der Waals surface area contributed by atoms with Crippen molar-refractivity contribution in [2.24, 2.45) is 0 Å². The van der Waals surface area contributed by atoms with Crippen LogP contribution in [0, 0.1) is 0 Å². The fraction of sp³-hybridized carbons (Fsp3) is 0.579. The summed E-state index contributed by atoms with van der Waals surface area (Å²) in [4.78, 5) is 28.4. The van der Waals surface area contributed by atoms with Crippen LogP contribution in [0.4, 0.5) is 4.79 Å². The number of fused-ring (bicyclic) bond motifs is 1. The average molecular weight is 346 g/mol. The van der Waals surface area contributed by atoms with Crippen molar-refractivity contribution in [1.29, 1.82) is 0 Å². The summed E-state index contributed by atoms with van der Waals surface area (Å²) < 4.78 is 11.2. The molecule has 6 nitrogen and oxygen atoms in total. The lowest BCUT2D eigenvalue weighted by atomic mass is 9.98. The van der Waals surface area contributed by atoms with E-state index in [1.54, 1.807) is 4.90 Å². The summed E-state index contributed by atoms with van der Waals surface area (Å²) >= 11 is 0. The SMILES string of the molecule is CC(C)(C)OC(=O)N1CC[C@H]2OCC(=O)N(Cc3ccccc3)[C@H]2C1. The van der Waals surface area contributed by atoms with Crippen LogP contribution in [0.15, 0.2) is 30.3 Å². The lowest BCUT2D eigenvalue weighted by Crippen LogP contribution is -2.62. The Bertz CT molecular complexity index is 626. The van der Waals surface area contributed by atoms with Gasteiger partial charge in [0, 0.05) is 19.6 Å². The zero-order valence-electron chi connectivity index (χ0n) is 15.1. The van der Waals surface area contributed by atoms with Crippen molar-refractivity contribution in [3.8, 4) is 0 Å². The first kappa shape index (κ1) is 17.7. The highest BCUT2D eigenvalue weighted by molar-refractivity contribution is 5.79. The Hall–Kier alpha value is -2.08. The van der Waals surface area contributed by atoms with E-state index < -0.39 is 5.60 Å². The molecule has 0 bridgehead atoms. The van der Waals surface area contributed by atoms with Gasteiger partial charge in [-0.05, 0) is 32.8 Å². The minimum atomic E-state index is -0.531. The number of ether oxygens (including phenoxy) is 2. The molecule has 2 fully saturated rings. The van der Waals surface area contributed by atoms with Crippen LogP contribution >= 0.6 is 0 Å². The summed E-state index contributed by atoms with van der Waals surface area (Å²) in [5.74, 6) is -0.0314. The molecule has 2 aliphatic rings. The van der Waals surface area contributed by atoms with E-state index in [2.05, 4.69) is 0 Å². The van der Waals surface area contributed by atoms with Crippen LogP contribution in [0.3, 0.4) is 0 Å². The molecule has 0 radical (unpaired) electrons. The molecule has 0 unspecified atom stereocenters. The monoisotopic (exact) mass is 346 g/mol. The summed E-state index contributed by atoms with van der Waals surface area (Å²) in [6.07, 6.45) is 0.353. The molecule has 0 aromatic heterocycles. The summed E-state index contributed by atoms with van der Waals surface area (Å²) in [5.41, 5.74) is 0.544. The van der Waals surface area contributed by atoms with Gasteiger partial charge in [0.25, 0.3) is 0 Å². The first-order chi connectivity index (χ1) is 11.8. The zero-order valence-corrected chi connectivity index (χ0v) is 15.1. The van der Waals surface area contributed by atoms with Crippen molar-refractivity contribution >= 4 is 12.0 Å². The molecule has 2 amide bonds. The molecule has 1 aromatic carbocycles. The van der Waals surface area contributed by atoms with E-state index in [-0.39, 0.29) is 30.8 Å². The first-order valence-electron chi connectivity index (χ1n) is 8.76. The number of hydrogen-bond acceptors (Lipinski definition) is 4. The molecular formula is C19H26N2O4. The molecule has 2 saturated heterocycles. The third-order valence-corrected chi connectivity index (χ3v) is 4.51. The normalized spacial score (nSPS) is 24.0. The minimum absolute atomic E-state index is 0.0277. The number of likely N-dealkylation sites (tertiary alicyclic amines) is 1. The molecule has 0 spiro atoms. The maximum absolute atomic E-state index is 12.4. The number of carbonyl (C=O) groups excluding carboxylic acids is 2. The molecule has 2 atom stereocenters. The number of carbonyl (C=O) groups is 2. The highest BCUT2D eigenvalue weighted by atomic mass is 16.6. The zero-order chi connectivity index (χ0) is 18.0. The van der Waals surface area contributed by atoms with Crippen LogP contribution in [-0.4, -0.2) is 59.2 Å². The molecule has 1 aromatic rings. The van der Waals surface area contributed by atoms with Crippen LogP contribution in [0.2, 0.25) is 0 Å². The van der Waals surface area contributed by atoms with E-state index in [1.165, 1.54) is 0 Å².